The molecule has 4 nitrogen and oxygen atoms in total. The van der Waals surface area contributed by atoms with Gasteiger partial charge in [-0.05, 0) is 18.1 Å². The fraction of sp³-hybridized carbons (Fsp3) is 0.385. The topological polar surface area (TPSA) is 49.0 Å². The SMILES string of the molecule is O=C1CC(S)CN1CCc1ccc2cn[nH]c2c1. The average Bonchev–Trinajstić information content (AvgIpc) is 2.92. The lowest BCUT2D eigenvalue weighted by Crippen LogP contribution is -2.27. The molecule has 1 aromatic carbocycles. The molecule has 1 saturated heterocycles. The first-order valence-electron chi connectivity index (χ1n) is 6.10. The molecule has 1 N–H and O–H groups in total. The largest absolute Gasteiger partial charge is 0.341 e. The Hall–Kier alpha value is -1.49. The minimum Gasteiger partial charge on any atom is -0.341 e. The summed E-state index contributed by atoms with van der Waals surface area (Å²) in [5, 5.41) is 8.28. The fourth-order valence-corrected chi connectivity index (χ4v) is 2.72. The number of carbonyl (C=O) groups is 1. The lowest BCUT2D eigenvalue weighted by Gasteiger charge is -2.15. The maximum Gasteiger partial charge on any atom is 0.223 e. The Balaban J connectivity index is 1.67. The van der Waals surface area contributed by atoms with Gasteiger partial charge in [0.25, 0.3) is 0 Å². The summed E-state index contributed by atoms with van der Waals surface area (Å²) in [6, 6.07) is 6.25. The molecule has 1 amide bonds. The van der Waals surface area contributed by atoms with E-state index in [1.807, 2.05) is 11.1 Å². The van der Waals surface area contributed by atoms with Crippen LogP contribution in [0.1, 0.15) is 12.0 Å². The van der Waals surface area contributed by atoms with Crippen LogP contribution in [0.25, 0.3) is 10.9 Å². The molecular formula is C13H15N3OS. The Morgan fingerprint density at radius 3 is 3.17 bits per heavy atom. The Bertz CT molecular complexity index is 580. The van der Waals surface area contributed by atoms with Crippen LogP contribution in [0.3, 0.4) is 0 Å². The van der Waals surface area contributed by atoms with Crippen LogP contribution < -0.4 is 0 Å². The zero-order chi connectivity index (χ0) is 12.5. The van der Waals surface area contributed by atoms with E-state index < -0.39 is 0 Å². The zero-order valence-electron chi connectivity index (χ0n) is 9.97. The van der Waals surface area contributed by atoms with E-state index in [2.05, 4.69) is 41.0 Å². The first-order chi connectivity index (χ1) is 8.72. The van der Waals surface area contributed by atoms with Crippen LogP contribution in [0.2, 0.25) is 0 Å². The monoisotopic (exact) mass is 261 g/mol. The molecule has 1 fully saturated rings. The first kappa shape index (κ1) is 11.6. The van der Waals surface area contributed by atoms with Crippen molar-refractivity contribution in [3.8, 4) is 0 Å². The highest BCUT2D eigenvalue weighted by molar-refractivity contribution is 7.81. The van der Waals surface area contributed by atoms with Crippen molar-refractivity contribution in [3.63, 3.8) is 0 Å². The van der Waals surface area contributed by atoms with Gasteiger partial charge in [-0.25, -0.2) is 0 Å². The van der Waals surface area contributed by atoms with Gasteiger partial charge in [-0.3, -0.25) is 9.89 Å². The number of amides is 1. The van der Waals surface area contributed by atoms with E-state index in [1.165, 1.54) is 5.56 Å². The van der Waals surface area contributed by atoms with Gasteiger partial charge in [0.15, 0.2) is 0 Å². The van der Waals surface area contributed by atoms with Crippen LogP contribution in [0.15, 0.2) is 24.4 Å². The maximum atomic E-state index is 11.6. The zero-order valence-corrected chi connectivity index (χ0v) is 10.9. The van der Waals surface area contributed by atoms with E-state index in [-0.39, 0.29) is 11.2 Å². The number of nitrogens with one attached hydrogen (secondary N) is 1. The van der Waals surface area contributed by atoms with Crippen molar-refractivity contribution in [2.24, 2.45) is 0 Å². The predicted octanol–water partition coefficient (Wildman–Crippen LogP) is 1.64. The predicted molar refractivity (Wildman–Crippen MR) is 73.8 cm³/mol. The Morgan fingerprint density at radius 1 is 1.50 bits per heavy atom. The third-order valence-corrected chi connectivity index (χ3v) is 3.72. The number of aromatic nitrogens is 2. The third-order valence-electron chi connectivity index (χ3n) is 3.37. The summed E-state index contributed by atoms with van der Waals surface area (Å²) in [5.74, 6) is 0.220. The highest BCUT2D eigenvalue weighted by Crippen LogP contribution is 2.17. The molecule has 0 saturated carbocycles. The van der Waals surface area contributed by atoms with Gasteiger partial charge in [0.1, 0.15) is 0 Å². The molecule has 2 aromatic rings. The second-order valence-electron chi connectivity index (χ2n) is 4.74. The standard InChI is InChI=1S/C13H15N3OS/c17-13-6-11(18)8-16(13)4-3-9-1-2-10-7-14-15-12(10)5-9/h1-2,5,7,11,18H,3-4,6,8H2,(H,14,15). The minimum atomic E-state index is 0.201. The van der Waals surface area contributed by atoms with Crippen molar-refractivity contribution in [1.82, 2.24) is 15.1 Å². The van der Waals surface area contributed by atoms with Crippen LogP contribution >= 0.6 is 12.6 Å². The van der Waals surface area contributed by atoms with E-state index in [4.69, 9.17) is 0 Å². The number of likely N-dealkylation sites (tertiary alicyclic amines) is 1. The summed E-state index contributed by atoms with van der Waals surface area (Å²) < 4.78 is 0. The molecule has 0 aliphatic carbocycles. The maximum absolute atomic E-state index is 11.6. The third kappa shape index (κ3) is 2.22. The van der Waals surface area contributed by atoms with E-state index >= 15 is 0 Å². The molecule has 1 aromatic heterocycles. The van der Waals surface area contributed by atoms with Gasteiger partial charge < -0.3 is 4.90 Å². The average molecular weight is 261 g/mol. The van der Waals surface area contributed by atoms with Crippen molar-refractivity contribution < 1.29 is 4.79 Å². The van der Waals surface area contributed by atoms with Gasteiger partial charge in [0, 0.05) is 30.1 Å². The second-order valence-corrected chi connectivity index (χ2v) is 5.47. The number of fused-ring (bicyclic) bond motifs is 1. The van der Waals surface area contributed by atoms with Crippen LogP contribution in [0.5, 0.6) is 0 Å². The summed E-state index contributed by atoms with van der Waals surface area (Å²) in [4.78, 5) is 13.5. The quantitative estimate of drug-likeness (QED) is 0.825. The number of H-pyrrole nitrogens is 1. The van der Waals surface area contributed by atoms with Crippen molar-refractivity contribution in [2.45, 2.75) is 18.1 Å². The van der Waals surface area contributed by atoms with Crippen molar-refractivity contribution in [2.75, 3.05) is 13.1 Å². The summed E-state index contributed by atoms with van der Waals surface area (Å²) >= 11 is 4.36. The van der Waals surface area contributed by atoms with Crippen LogP contribution in [0, 0.1) is 0 Å². The number of benzene rings is 1. The highest BCUT2D eigenvalue weighted by atomic mass is 32.1. The van der Waals surface area contributed by atoms with Gasteiger partial charge in [0.05, 0.1) is 11.7 Å². The summed E-state index contributed by atoms with van der Waals surface area (Å²) in [7, 11) is 0. The van der Waals surface area contributed by atoms with Gasteiger partial charge in [-0.2, -0.15) is 17.7 Å². The summed E-state index contributed by atoms with van der Waals surface area (Å²) in [6.07, 6.45) is 3.26. The number of hydrogen-bond acceptors (Lipinski definition) is 3. The van der Waals surface area contributed by atoms with Crippen molar-refractivity contribution in [3.05, 3.63) is 30.0 Å². The molecule has 2 heterocycles. The van der Waals surface area contributed by atoms with Crippen molar-refractivity contribution >= 4 is 29.4 Å². The molecule has 5 heteroatoms. The lowest BCUT2D eigenvalue weighted by molar-refractivity contribution is -0.127. The molecule has 94 valence electrons. The smallest absolute Gasteiger partial charge is 0.223 e. The molecule has 1 aliphatic heterocycles. The molecule has 0 spiro atoms. The minimum absolute atomic E-state index is 0.201. The fourth-order valence-electron chi connectivity index (χ4n) is 2.37. The molecule has 18 heavy (non-hydrogen) atoms. The first-order valence-corrected chi connectivity index (χ1v) is 6.62. The Morgan fingerprint density at radius 2 is 2.39 bits per heavy atom. The van der Waals surface area contributed by atoms with Crippen molar-refractivity contribution in [1.29, 1.82) is 0 Å². The van der Waals surface area contributed by atoms with Crippen LogP contribution in [-0.2, 0) is 11.2 Å². The number of thiol groups is 1. The number of carbonyl (C=O) groups excluding carboxylic acids is 1. The van der Waals surface area contributed by atoms with E-state index in [9.17, 15) is 4.79 Å². The normalized spacial score (nSPS) is 19.9. The van der Waals surface area contributed by atoms with Gasteiger partial charge in [0.2, 0.25) is 5.91 Å². The van der Waals surface area contributed by atoms with Crippen LogP contribution in [0.4, 0.5) is 0 Å². The molecular weight excluding hydrogens is 246 g/mol. The lowest BCUT2D eigenvalue weighted by atomic mass is 10.1. The van der Waals surface area contributed by atoms with Gasteiger partial charge in [-0.1, -0.05) is 12.1 Å². The molecule has 0 radical (unpaired) electrons. The molecule has 3 rings (SSSR count). The highest BCUT2D eigenvalue weighted by Gasteiger charge is 2.26. The molecule has 0 bridgehead atoms. The summed E-state index contributed by atoms with van der Waals surface area (Å²) in [6.45, 7) is 1.55. The second kappa shape index (κ2) is 4.65. The Kier molecular flexibility index (Phi) is 2.99. The molecule has 1 atom stereocenters. The van der Waals surface area contributed by atoms with Gasteiger partial charge in [-0.15, -0.1) is 0 Å². The number of aromatic amines is 1. The van der Waals surface area contributed by atoms with E-state index in [0.717, 1.165) is 30.4 Å². The molecule has 1 aliphatic rings. The summed E-state index contributed by atoms with van der Waals surface area (Å²) in [5.41, 5.74) is 2.27. The van der Waals surface area contributed by atoms with Crippen LogP contribution in [-0.4, -0.2) is 39.3 Å². The number of rotatable bonds is 3. The van der Waals surface area contributed by atoms with Gasteiger partial charge >= 0.3 is 0 Å². The number of hydrogen-bond donors (Lipinski definition) is 2. The van der Waals surface area contributed by atoms with E-state index in [0.29, 0.717) is 6.42 Å². The Labute approximate surface area is 111 Å². The van der Waals surface area contributed by atoms with E-state index in [1.54, 1.807) is 0 Å². The number of nitrogens with zero attached hydrogens (tertiary/aromatic N) is 2. The molecule has 1 unspecified atom stereocenters.